The minimum Gasteiger partial charge on any atom is -1.00 e. The van der Waals surface area contributed by atoms with Crippen LogP contribution in [0.25, 0.3) is 10.8 Å². The fourth-order valence-electron chi connectivity index (χ4n) is 1.57. The SMILES string of the molecule is CC(=O)c1ccc(Br)c2ccccc12.[Al+3].[Cl-].[Cl-].[Cl-]. The third kappa shape index (κ3) is 4.74. The standard InChI is InChI=1S/C12H9BrO.Al.3ClH/c1-8(14)9-6-7-12(13)11-5-3-2-4-10(9)11;;;;/h2-7H,1H3;;3*1H/q;+3;;;/p-3. The van der Waals surface area contributed by atoms with Crippen molar-refractivity contribution in [1.82, 2.24) is 0 Å². The first kappa shape index (κ1) is 23.4. The van der Waals surface area contributed by atoms with Gasteiger partial charge in [0, 0.05) is 10.0 Å². The zero-order valence-electron chi connectivity index (χ0n) is 9.46. The molecule has 0 bridgehead atoms. The molecule has 0 saturated heterocycles. The van der Waals surface area contributed by atoms with E-state index in [1.165, 1.54) is 0 Å². The van der Waals surface area contributed by atoms with Gasteiger partial charge in [0.15, 0.2) is 5.78 Å². The van der Waals surface area contributed by atoms with E-state index in [4.69, 9.17) is 0 Å². The minimum absolute atomic E-state index is 0. The molecule has 0 unspecified atom stereocenters. The van der Waals surface area contributed by atoms with Crippen LogP contribution >= 0.6 is 15.9 Å². The van der Waals surface area contributed by atoms with Crippen molar-refractivity contribution in [2.75, 3.05) is 0 Å². The van der Waals surface area contributed by atoms with Gasteiger partial charge in [0.2, 0.25) is 0 Å². The third-order valence-electron chi connectivity index (χ3n) is 2.25. The Labute approximate surface area is 144 Å². The zero-order valence-corrected chi connectivity index (χ0v) is 14.5. The Balaban J connectivity index is -0.000000562. The fraction of sp³-hybridized carbons (Fsp3) is 0.0833. The molecular weight excluding hydrogens is 373 g/mol. The molecule has 0 aliphatic carbocycles. The van der Waals surface area contributed by atoms with E-state index in [1.54, 1.807) is 6.92 Å². The van der Waals surface area contributed by atoms with Crippen LogP contribution in [0.3, 0.4) is 0 Å². The van der Waals surface area contributed by atoms with E-state index in [0.717, 1.165) is 20.8 Å². The number of benzene rings is 2. The molecule has 0 saturated carbocycles. The Morgan fingerprint density at radius 3 is 1.94 bits per heavy atom. The van der Waals surface area contributed by atoms with Crippen molar-refractivity contribution in [2.24, 2.45) is 0 Å². The Bertz CT molecular complexity index is 520. The molecule has 0 heterocycles. The first-order valence-electron chi connectivity index (χ1n) is 4.38. The number of carbonyl (C=O) groups is 1. The van der Waals surface area contributed by atoms with Crippen molar-refractivity contribution >= 4 is 49.8 Å². The first-order valence-corrected chi connectivity index (χ1v) is 5.17. The molecule has 0 aromatic heterocycles. The molecule has 6 heteroatoms. The van der Waals surface area contributed by atoms with Crippen molar-refractivity contribution in [3.63, 3.8) is 0 Å². The van der Waals surface area contributed by atoms with Crippen LogP contribution in [0, 0.1) is 0 Å². The molecule has 0 aliphatic rings. The molecule has 0 spiro atoms. The van der Waals surface area contributed by atoms with Crippen LogP contribution in [-0.2, 0) is 0 Å². The van der Waals surface area contributed by atoms with Crippen molar-refractivity contribution in [3.8, 4) is 0 Å². The third-order valence-corrected chi connectivity index (χ3v) is 2.94. The number of hydrogen-bond donors (Lipinski definition) is 0. The molecule has 1 nitrogen and oxygen atoms in total. The average molecular weight is 382 g/mol. The minimum atomic E-state index is 0. The molecule has 0 fully saturated rings. The molecule has 0 N–H and O–H groups in total. The summed E-state index contributed by atoms with van der Waals surface area (Å²) < 4.78 is 1.03. The summed E-state index contributed by atoms with van der Waals surface area (Å²) in [6.45, 7) is 1.59. The Hall–Kier alpha value is 0.252. The van der Waals surface area contributed by atoms with Gasteiger partial charge in [-0.25, -0.2) is 0 Å². The van der Waals surface area contributed by atoms with Gasteiger partial charge in [0.1, 0.15) is 0 Å². The largest absolute Gasteiger partial charge is 3.00 e. The van der Waals surface area contributed by atoms with E-state index in [-0.39, 0.29) is 60.4 Å². The summed E-state index contributed by atoms with van der Waals surface area (Å²) in [5, 5.41) is 2.09. The van der Waals surface area contributed by atoms with Gasteiger partial charge in [-0.3, -0.25) is 4.79 Å². The topological polar surface area (TPSA) is 17.1 Å². The van der Waals surface area contributed by atoms with Gasteiger partial charge in [-0.05, 0) is 29.8 Å². The average Bonchev–Trinajstić information content (AvgIpc) is 2.18. The van der Waals surface area contributed by atoms with Crippen LogP contribution in [0.2, 0.25) is 0 Å². The van der Waals surface area contributed by atoms with Crippen LogP contribution in [0.15, 0.2) is 40.9 Å². The van der Waals surface area contributed by atoms with Crippen LogP contribution in [0.1, 0.15) is 17.3 Å². The molecule has 94 valence electrons. The maximum Gasteiger partial charge on any atom is 3.00 e. The molecule has 2 aromatic carbocycles. The second-order valence-electron chi connectivity index (χ2n) is 3.20. The maximum absolute atomic E-state index is 11.4. The smallest absolute Gasteiger partial charge is 1.00 e. The zero-order chi connectivity index (χ0) is 10.1. The molecule has 2 rings (SSSR count). The quantitative estimate of drug-likeness (QED) is 0.355. The van der Waals surface area contributed by atoms with Gasteiger partial charge in [-0.1, -0.05) is 40.2 Å². The number of hydrogen-bond acceptors (Lipinski definition) is 1. The van der Waals surface area contributed by atoms with Gasteiger partial charge in [-0.2, -0.15) is 0 Å². The number of ketones is 1. The van der Waals surface area contributed by atoms with Crippen molar-refractivity contribution in [2.45, 2.75) is 6.92 Å². The van der Waals surface area contributed by atoms with Crippen LogP contribution in [-0.4, -0.2) is 23.1 Å². The summed E-state index contributed by atoms with van der Waals surface area (Å²) >= 11 is 3.47. The number of rotatable bonds is 1. The van der Waals surface area contributed by atoms with E-state index in [9.17, 15) is 4.79 Å². The maximum atomic E-state index is 11.4. The molecule has 2 aromatic rings. The molecule has 18 heavy (non-hydrogen) atoms. The Kier molecular flexibility index (Phi) is 13.1. The predicted molar refractivity (Wildman–Crippen MR) is 67.4 cm³/mol. The number of fused-ring (bicyclic) bond motifs is 1. The second-order valence-corrected chi connectivity index (χ2v) is 4.05. The van der Waals surface area contributed by atoms with E-state index in [0.29, 0.717) is 0 Å². The van der Waals surface area contributed by atoms with E-state index in [1.807, 2.05) is 36.4 Å². The molecule has 0 amide bonds. The molecular formula is C12H9AlBrCl3O. The van der Waals surface area contributed by atoms with Crippen LogP contribution in [0.4, 0.5) is 0 Å². The molecule has 0 radical (unpaired) electrons. The normalized spacial score (nSPS) is 8.11. The van der Waals surface area contributed by atoms with E-state index < -0.39 is 0 Å². The first-order chi connectivity index (χ1) is 6.70. The van der Waals surface area contributed by atoms with Crippen molar-refractivity contribution in [1.29, 1.82) is 0 Å². The monoisotopic (exact) mass is 380 g/mol. The molecule has 0 atom stereocenters. The van der Waals surface area contributed by atoms with E-state index >= 15 is 0 Å². The van der Waals surface area contributed by atoms with Crippen LogP contribution < -0.4 is 37.2 Å². The summed E-state index contributed by atoms with van der Waals surface area (Å²) in [7, 11) is 0. The van der Waals surface area contributed by atoms with Gasteiger partial charge < -0.3 is 37.2 Å². The number of Topliss-reactive ketones (excluding diaryl/α,β-unsaturated/α-hetero) is 1. The van der Waals surface area contributed by atoms with Crippen LogP contribution in [0.5, 0.6) is 0 Å². The van der Waals surface area contributed by atoms with Crippen molar-refractivity contribution in [3.05, 3.63) is 46.4 Å². The number of carbonyl (C=O) groups excluding carboxylic acids is 1. The summed E-state index contributed by atoms with van der Waals surface area (Å²) in [6, 6.07) is 11.7. The Morgan fingerprint density at radius 1 is 0.944 bits per heavy atom. The summed E-state index contributed by atoms with van der Waals surface area (Å²) in [6.07, 6.45) is 0. The van der Waals surface area contributed by atoms with Gasteiger partial charge in [0.05, 0.1) is 0 Å². The second kappa shape index (κ2) is 10.1. The molecule has 0 aliphatic heterocycles. The summed E-state index contributed by atoms with van der Waals surface area (Å²) in [4.78, 5) is 11.4. The van der Waals surface area contributed by atoms with Gasteiger partial charge in [-0.15, -0.1) is 0 Å². The number of halogens is 4. The predicted octanol–water partition coefficient (Wildman–Crippen LogP) is -5.56. The van der Waals surface area contributed by atoms with E-state index in [2.05, 4.69) is 15.9 Å². The van der Waals surface area contributed by atoms with Crippen molar-refractivity contribution < 1.29 is 42.0 Å². The summed E-state index contributed by atoms with van der Waals surface area (Å²) in [5.41, 5.74) is 0.781. The fourth-order valence-corrected chi connectivity index (χ4v) is 2.05. The van der Waals surface area contributed by atoms with Gasteiger partial charge in [0.25, 0.3) is 0 Å². The Morgan fingerprint density at radius 2 is 1.44 bits per heavy atom. The summed E-state index contributed by atoms with van der Waals surface area (Å²) in [5.74, 6) is 0.105. The van der Waals surface area contributed by atoms with Gasteiger partial charge >= 0.3 is 17.4 Å².